The molecule has 0 spiro atoms. The number of rotatable bonds is 4. The largest absolute Gasteiger partial charge is 0.464 e. The van der Waals surface area contributed by atoms with Gasteiger partial charge in [0.1, 0.15) is 17.6 Å². The average Bonchev–Trinajstić information content (AvgIpc) is 3.38. The molecule has 8 heteroatoms. The van der Waals surface area contributed by atoms with Crippen molar-refractivity contribution in [3.8, 4) is 0 Å². The highest BCUT2D eigenvalue weighted by atomic mass is 35.5. The predicted molar refractivity (Wildman–Crippen MR) is 134 cm³/mol. The molecule has 3 heterocycles. The second kappa shape index (κ2) is 8.93. The van der Waals surface area contributed by atoms with Crippen LogP contribution in [0.3, 0.4) is 0 Å². The number of hydrogen-bond acceptors (Lipinski definition) is 5. The van der Waals surface area contributed by atoms with Crippen molar-refractivity contribution in [2.75, 3.05) is 5.32 Å². The Kier molecular flexibility index (Phi) is 5.81. The number of thiazole rings is 1. The fraction of sp³-hybridized carbons (Fsp3) is 0.115. The van der Waals surface area contributed by atoms with Gasteiger partial charge in [-0.15, -0.1) is 0 Å². The molecule has 1 atom stereocenters. The number of anilines is 1. The van der Waals surface area contributed by atoms with E-state index < -0.39 is 6.04 Å². The Labute approximate surface area is 204 Å². The number of aryl methyl sites for hydroxylation is 1. The molecule has 1 aliphatic rings. The van der Waals surface area contributed by atoms with Gasteiger partial charge in [-0.05, 0) is 61.9 Å². The Hall–Kier alpha value is -3.68. The van der Waals surface area contributed by atoms with Crippen LogP contribution in [0.25, 0.3) is 6.08 Å². The summed E-state index contributed by atoms with van der Waals surface area (Å²) < 4.78 is 7.96. The van der Waals surface area contributed by atoms with Gasteiger partial charge in [0.05, 0.1) is 15.8 Å². The molecule has 0 saturated carbocycles. The number of aromatic nitrogens is 1. The monoisotopic (exact) mass is 489 g/mol. The van der Waals surface area contributed by atoms with Crippen molar-refractivity contribution >= 4 is 40.6 Å². The standard InChI is InChI=1S/C26H20ClN3O3S/c1-15-8-13-20(33-15)23-22(24(31)29-19-6-4-3-5-7-19)16(2)28-26-30(23)25(32)21(34-26)14-17-9-11-18(27)12-10-17/h3-14,23H,1-2H3,(H,29,31)/t23-/m1/s1. The second-order valence-corrected chi connectivity index (χ2v) is 9.35. The molecule has 1 amide bonds. The molecular formula is C26H20ClN3O3S. The van der Waals surface area contributed by atoms with Gasteiger partial charge in [-0.2, -0.15) is 0 Å². The van der Waals surface area contributed by atoms with E-state index in [0.29, 0.717) is 42.8 Å². The van der Waals surface area contributed by atoms with E-state index in [1.807, 2.05) is 43.3 Å². The Morgan fingerprint density at radius 2 is 1.82 bits per heavy atom. The zero-order valence-corrected chi connectivity index (χ0v) is 20.0. The van der Waals surface area contributed by atoms with Crippen molar-refractivity contribution in [1.29, 1.82) is 0 Å². The number of fused-ring (bicyclic) bond motifs is 1. The summed E-state index contributed by atoms with van der Waals surface area (Å²) in [5, 5.41) is 3.54. The predicted octanol–water partition coefficient (Wildman–Crippen LogP) is 4.43. The highest BCUT2D eigenvalue weighted by Crippen LogP contribution is 2.31. The topological polar surface area (TPSA) is 76.6 Å². The van der Waals surface area contributed by atoms with Gasteiger partial charge in [0, 0.05) is 10.7 Å². The summed E-state index contributed by atoms with van der Waals surface area (Å²) in [4.78, 5) is 32.1. The van der Waals surface area contributed by atoms with E-state index in [-0.39, 0.29) is 11.5 Å². The molecule has 0 fully saturated rings. The van der Waals surface area contributed by atoms with Gasteiger partial charge in [0.25, 0.3) is 11.5 Å². The first kappa shape index (κ1) is 22.1. The minimum atomic E-state index is -0.735. The van der Waals surface area contributed by atoms with Crippen LogP contribution in [0.4, 0.5) is 5.69 Å². The minimum absolute atomic E-state index is 0.240. The smallest absolute Gasteiger partial charge is 0.271 e. The van der Waals surface area contributed by atoms with E-state index in [9.17, 15) is 9.59 Å². The third-order valence-corrected chi connectivity index (χ3v) is 6.73. The van der Waals surface area contributed by atoms with Gasteiger partial charge in [-0.3, -0.25) is 14.2 Å². The lowest BCUT2D eigenvalue weighted by Gasteiger charge is -2.23. The summed E-state index contributed by atoms with van der Waals surface area (Å²) in [5.74, 6) is 0.860. The van der Waals surface area contributed by atoms with Crippen molar-refractivity contribution < 1.29 is 9.21 Å². The van der Waals surface area contributed by atoms with E-state index in [1.165, 1.54) is 15.9 Å². The summed E-state index contributed by atoms with van der Waals surface area (Å²) in [6.07, 6.45) is 1.80. The van der Waals surface area contributed by atoms with Crippen LogP contribution in [0.1, 0.15) is 30.0 Å². The van der Waals surface area contributed by atoms with Crippen molar-refractivity contribution in [2.24, 2.45) is 4.99 Å². The van der Waals surface area contributed by atoms with E-state index in [2.05, 4.69) is 10.3 Å². The van der Waals surface area contributed by atoms with Gasteiger partial charge in [-0.1, -0.05) is 53.3 Å². The Morgan fingerprint density at radius 3 is 2.50 bits per heavy atom. The molecule has 0 saturated heterocycles. The lowest BCUT2D eigenvalue weighted by Crippen LogP contribution is -2.40. The first-order chi connectivity index (χ1) is 16.4. The zero-order chi connectivity index (χ0) is 23.8. The number of nitrogens with zero attached hydrogens (tertiary/aromatic N) is 2. The maximum atomic E-state index is 13.6. The molecule has 2 aromatic heterocycles. The quantitative estimate of drug-likeness (QED) is 0.460. The van der Waals surface area contributed by atoms with Crippen LogP contribution in [-0.4, -0.2) is 10.5 Å². The van der Waals surface area contributed by atoms with Crippen molar-refractivity contribution in [2.45, 2.75) is 19.9 Å². The molecule has 6 nitrogen and oxygen atoms in total. The third kappa shape index (κ3) is 4.16. The summed E-state index contributed by atoms with van der Waals surface area (Å²) in [7, 11) is 0. The van der Waals surface area contributed by atoms with Gasteiger partial charge in [0.15, 0.2) is 4.80 Å². The number of carbonyl (C=O) groups is 1. The fourth-order valence-electron chi connectivity index (χ4n) is 3.91. The van der Waals surface area contributed by atoms with Crippen LogP contribution in [0.5, 0.6) is 0 Å². The summed E-state index contributed by atoms with van der Waals surface area (Å²) in [6.45, 7) is 3.60. The Balaban J connectivity index is 1.66. The number of benzene rings is 2. The number of para-hydroxylation sites is 1. The lowest BCUT2D eigenvalue weighted by atomic mass is 10.00. The molecule has 4 aromatic rings. The maximum absolute atomic E-state index is 13.6. The molecule has 5 rings (SSSR count). The van der Waals surface area contributed by atoms with Crippen LogP contribution in [-0.2, 0) is 4.79 Å². The SMILES string of the molecule is CC1=C(C(=O)Nc2ccccc2)[C@@H](c2ccc(C)o2)n2c(sc(=Cc3ccc(Cl)cc3)c2=O)=N1. The molecule has 170 valence electrons. The summed E-state index contributed by atoms with van der Waals surface area (Å²) in [6, 6.07) is 19.3. The average molecular weight is 490 g/mol. The fourth-order valence-corrected chi connectivity index (χ4v) is 5.08. The number of nitrogens with one attached hydrogen (secondary N) is 1. The van der Waals surface area contributed by atoms with Crippen LogP contribution >= 0.6 is 22.9 Å². The van der Waals surface area contributed by atoms with Crippen molar-refractivity contribution in [3.63, 3.8) is 0 Å². The maximum Gasteiger partial charge on any atom is 0.271 e. The number of halogens is 1. The highest BCUT2D eigenvalue weighted by Gasteiger charge is 2.34. The number of allylic oxidation sites excluding steroid dienone is 1. The zero-order valence-electron chi connectivity index (χ0n) is 18.4. The van der Waals surface area contributed by atoms with E-state index in [4.69, 9.17) is 16.0 Å². The third-order valence-electron chi connectivity index (χ3n) is 5.50. The van der Waals surface area contributed by atoms with Crippen LogP contribution in [0.15, 0.2) is 92.2 Å². The molecule has 1 aliphatic heterocycles. The molecule has 34 heavy (non-hydrogen) atoms. The summed E-state index contributed by atoms with van der Waals surface area (Å²) >= 11 is 7.27. The molecule has 0 unspecified atom stereocenters. The molecule has 1 N–H and O–H groups in total. The van der Waals surface area contributed by atoms with Crippen LogP contribution < -0.4 is 20.2 Å². The number of furan rings is 1. The normalized spacial score (nSPS) is 15.7. The number of hydrogen-bond donors (Lipinski definition) is 1. The Morgan fingerprint density at radius 1 is 1.09 bits per heavy atom. The van der Waals surface area contributed by atoms with Gasteiger partial charge in [0.2, 0.25) is 0 Å². The minimum Gasteiger partial charge on any atom is -0.464 e. The number of carbonyl (C=O) groups excluding carboxylic acids is 1. The Bertz CT molecular complexity index is 1600. The number of amides is 1. The van der Waals surface area contributed by atoms with Crippen LogP contribution in [0.2, 0.25) is 5.02 Å². The van der Waals surface area contributed by atoms with E-state index >= 15 is 0 Å². The van der Waals surface area contributed by atoms with E-state index in [0.717, 1.165) is 5.56 Å². The first-order valence-corrected chi connectivity index (χ1v) is 11.8. The lowest BCUT2D eigenvalue weighted by molar-refractivity contribution is -0.113. The first-order valence-electron chi connectivity index (χ1n) is 10.6. The van der Waals surface area contributed by atoms with Crippen molar-refractivity contribution in [3.05, 3.63) is 120 Å². The van der Waals surface area contributed by atoms with Gasteiger partial charge >= 0.3 is 0 Å². The summed E-state index contributed by atoms with van der Waals surface area (Å²) in [5.41, 5.74) is 2.16. The van der Waals surface area contributed by atoms with Crippen molar-refractivity contribution in [1.82, 2.24) is 4.57 Å². The van der Waals surface area contributed by atoms with Gasteiger partial charge in [-0.25, -0.2) is 4.99 Å². The molecule has 2 aromatic carbocycles. The van der Waals surface area contributed by atoms with E-state index in [1.54, 1.807) is 43.3 Å². The molecular weight excluding hydrogens is 470 g/mol. The highest BCUT2D eigenvalue weighted by molar-refractivity contribution is 7.07. The van der Waals surface area contributed by atoms with Gasteiger partial charge < -0.3 is 9.73 Å². The second-order valence-electron chi connectivity index (χ2n) is 7.90. The molecule has 0 aliphatic carbocycles. The molecule has 0 bridgehead atoms. The van der Waals surface area contributed by atoms with Crippen LogP contribution in [0, 0.1) is 6.92 Å². The molecule has 0 radical (unpaired) electrons.